The maximum absolute atomic E-state index is 12.3. The lowest BCUT2D eigenvalue weighted by molar-refractivity contribution is 0.0893. The largest absolute Gasteiger partial charge is 0.494 e. The first-order valence-electron chi connectivity index (χ1n) is 9.62. The highest BCUT2D eigenvalue weighted by molar-refractivity contribution is 7.92. The van der Waals surface area contributed by atoms with Gasteiger partial charge in [-0.15, -0.1) is 0 Å². The molecule has 6 nitrogen and oxygen atoms in total. The molecule has 1 fully saturated rings. The van der Waals surface area contributed by atoms with E-state index in [4.69, 9.17) is 9.47 Å². The number of methoxy groups -OCH3 is 1. The van der Waals surface area contributed by atoms with Crippen molar-refractivity contribution in [3.63, 3.8) is 0 Å². The molecule has 7 heteroatoms. The molecule has 152 valence electrons. The Morgan fingerprint density at radius 1 is 1.11 bits per heavy atom. The van der Waals surface area contributed by atoms with E-state index in [0.717, 1.165) is 37.4 Å². The lowest BCUT2D eigenvalue weighted by atomic mass is 10.1. The number of hydrogen-bond donors (Lipinski definition) is 1. The summed E-state index contributed by atoms with van der Waals surface area (Å²) in [7, 11) is -1.66. The van der Waals surface area contributed by atoms with Crippen LogP contribution in [0.2, 0.25) is 0 Å². The quantitative estimate of drug-likeness (QED) is 0.648. The standard InChI is InChI=1S/C21H28N2O4S/c1-26-21-9-5-14-23(17-21)19-12-10-18(11-13-19)22-28(24,25)16-6-15-27-20-7-3-2-4-8-20/h2-4,7-8,10-13,21-22H,5-6,9,14-17H2,1H3. The maximum Gasteiger partial charge on any atom is 0.232 e. The Bertz CT molecular complexity index is 825. The summed E-state index contributed by atoms with van der Waals surface area (Å²) in [6, 6.07) is 16.9. The zero-order valence-corrected chi connectivity index (χ0v) is 17.0. The summed E-state index contributed by atoms with van der Waals surface area (Å²) in [5.74, 6) is 0.764. The molecule has 0 aliphatic carbocycles. The van der Waals surface area contributed by atoms with Gasteiger partial charge in [0.05, 0.1) is 18.5 Å². The Morgan fingerprint density at radius 3 is 2.57 bits per heavy atom. The van der Waals surface area contributed by atoms with Gasteiger partial charge in [-0.2, -0.15) is 0 Å². The lowest BCUT2D eigenvalue weighted by Gasteiger charge is -2.33. The summed E-state index contributed by atoms with van der Waals surface area (Å²) in [5, 5.41) is 0. The van der Waals surface area contributed by atoms with E-state index in [0.29, 0.717) is 18.7 Å². The minimum Gasteiger partial charge on any atom is -0.494 e. The number of nitrogens with zero attached hydrogens (tertiary/aromatic N) is 1. The van der Waals surface area contributed by atoms with Crippen LogP contribution in [0.5, 0.6) is 5.75 Å². The number of hydrogen-bond acceptors (Lipinski definition) is 5. The molecule has 0 radical (unpaired) electrons. The van der Waals surface area contributed by atoms with E-state index in [2.05, 4.69) is 9.62 Å². The first-order chi connectivity index (χ1) is 13.6. The van der Waals surface area contributed by atoms with Crippen molar-refractivity contribution in [2.45, 2.75) is 25.4 Å². The van der Waals surface area contributed by atoms with Crippen LogP contribution in [0.4, 0.5) is 11.4 Å². The van der Waals surface area contributed by atoms with E-state index in [9.17, 15) is 8.42 Å². The third-order valence-corrected chi connectivity index (χ3v) is 6.16. The van der Waals surface area contributed by atoms with Gasteiger partial charge in [0.1, 0.15) is 5.75 Å². The molecule has 1 saturated heterocycles. The van der Waals surface area contributed by atoms with E-state index in [1.807, 2.05) is 54.6 Å². The zero-order chi connectivity index (χ0) is 19.8. The van der Waals surface area contributed by atoms with E-state index in [-0.39, 0.29) is 11.9 Å². The molecular weight excluding hydrogens is 376 g/mol. The molecule has 2 aromatic rings. The normalized spacial score (nSPS) is 17.3. The zero-order valence-electron chi connectivity index (χ0n) is 16.2. The van der Waals surface area contributed by atoms with E-state index in [1.54, 1.807) is 7.11 Å². The number of anilines is 2. The van der Waals surface area contributed by atoms with Gasteiger partial charge in [-0.25, -0.2) is 8.42 Å². The molecule has 1 unspecified atom stereocenters. The Kier molecular flexibility index (Phi) is 7.17. The Morgan fingerprint density at radius 2 is 1.86 bits per heavy atom. The van der Waals surface area contributed by atoms with Gasteiger partial charge in [0.15, 0.2) is 0 Å². The molecule has 0 saturated carbocycles. The fraction of sp³-hybridized carbons (Fsp3) is 0.429. The first-order valence-corrected chi connectivity index (χ1v) is 11.3. The van der Waals surface area contributed by atoms with E-state index in [1.165, 1.54) is 0 Å². The van der Waals surface area contributed by atoms with Gasteiger partial charge in [-0.3, -0.25) is 4.72 Å². The molecule has 0 spiro atoms. The van der Waals surface area contributed by atoms with Crippen LogP contribution < -0.4 is 14.4 Å². The molecular formula is C21H28N2O4S. The second kappa shape index (κ2) is 9.80. The number of sulfonamides is 1. The fourth-order valence-corrected chi connectivity index (χ4v) is 4.39. The number of piperidine rings is 1. The van der Waals surface area contributed by atoms with Gasteiger partial charge in [-0.05, 0) is 55.7 Å². The summed E-state index contributed by atoms with van der Waals surface area (Å²) in [6.07, 6.45) is 2.86. The molecule has 3 rings (SSSR count). The van der Waals surface area contributed by atoms with Crippen molar-refractivity contribution in [2.24, 2.45) is 0 Å². The third kappa shape index (κ3) is 6.14. The van der Waals surface area contributed by atoms with Gasteiger partial charge in [0.2, 0.25) is 10.0 Å². The highest BCUT2D eigenvalue weighted by Crippen LogP contribution is 2.23. The minimum absolute atomic E-state index is 0.0171. The van der Waals surface area contributed by atoms with Crippen molar-refractivity contribution in [3.05, 3.63) is 54.6 Å². The van der Waals surface area contributed by atoms with Gasteiger partial charge >= 0.3 is 0 Å². The molecule has 0 bridgehead atoms. The van der Waals surface area contributed by atoms with Crippen LogP contribution in [0.15, 0.2) is 54.6 Å². The molecule has 1 atom stereocenters. The SMILES string of the molecule is COC1CCCN(c2ccc(NS(=O)(=O)CCCOc3ccccc3)cc2)C1. The summed E-state index contributed by atoms with van der Waals surface area (Å²) >= 11 is 0. The van der Waals surface area contributed by atoms with Gasteiger partial charge < -0.3 is 14.4 Å². The van der Waals surface area contributed by atoms with Crippen molar-refractivity contribution in [2.75, 3.05) is 42.2 Å². The second-order valence-corrected chi connectivity index (χ2v) is 8.77. The average molecular weight is 405 g/mol. The van der Waals surface area contributed by atoms with Crippen LogP contribution in [-0.2, 0) is 14.8 Å². The monoisotopic (exact) mass is 404 g/mol. The number of para-hydroxylation sites is 1. The Hall–Kier alpha value is -2.25. The lowest BCUT2D eigenvalue weighted by Crippen LogP contribution is -2.39. The van der Waals surface area contributed by atoms with Crippen LogP contribution >= 0.6 is 0 Å². The average Bonchev–Trinajstić information content (AvgIpc) is 2.72. The summed E-state index contributed by atoms with van der Waals surface area (Å²) in [6.45, 7) is 2.22. The number of nitrogens with one attached hydrogen (secondary N) is 1. The smallest absolute Gasteiger partial charge is 0.232 e. The van der Waals surface area contributed by atoms with Crippen LogP contribution in [-0.4, -0.2) is 47.1 Å². The predicted octanol–water partition coefficient (Wildman–Crippen LogP) is 3.51. The third-order valence-electron chi connectivity index (χ3n) is 4.79. The fourth-order valence-electron chi connectivity index (χ4n) is 3.29. The maximum atomic E-state index is 12.3. The Balaban J connectivity index is 1.47. The number of rotatable bonds is 9. The summed E-state index contributed by atoms with van der Waals surface area (Å²) in [4.78, 5) is 2.27. The molecule has 1 heterocycles. The van der Waals surface area contributed by atoms with Crippen molar-refractivity contribution in [1.29, 1.82) is 0 Å². The van der Waals surface area contributed by atoms with E-state index < -0.39 is 10.0 Å². The molecule has 1 N–H and O–H groups in total. The summed E-state index contributed by atoms with van der Waals surface area (Å²) in [5.41, 5.74) is 1.66. The van der Waals surface area contributed by atoms with Crippen molar-refractivity contribution >= 4 is 21.4 Å². The summed E-state index contributed by atoms with van der Waals surface area (Å²) < 4.78 is 38.2. The predicted molar refractivity (Wildman–Crippen MR) is 113 cm³/mol. The van der Waals surface area contributed by atoms with Gasteiger partial charge in [-0.1, -0.05) is 18.2 Å². The highest BCUT2D eigenvalue weighted by Gasteiger charge is 2.19. The van der Waals surface area contributed by atoms with Crippen LogP contribution in [0.3, 0.4) is 0 Å². The first kappa shape index (κ1) is 20.5. The second-order valence-electron chi connectivity index (χ2n) is 6.93. The molecule has 1 aliphatic rings. The van der Waals surface area contributed by atoms with Gasteiger partial charge in [0, 0.05) is 31.6 Å². The molecule has 0 amide bonds. The molecule has 1 aliphatic heterocycles. The van der Waals surface area contributed by atoms with E-state index >= 15 is 0 Å². The van der Waals surface area contributed by atoms with Crippen molar-refractivity contribution in [3.8, 4) is 5.75 Å². The van der Waals surface area contributed by atoms with Crippen LogP contribution in [0.1, 0.15) is 19.3 Å². The molecule has 2 aromatic carbocycles. The number of ether oxygens (including phenoxy) is 2. The molecule has 28 heavy (non-hydrogen) atoms. The topological polar surface area (TPSA) is 67.9 Å². The molecule has 0 aromatic heterocycles. The minimum atomic E-state index is -3.40. The number of benzene rings is 2. The van der Waals surface area contributed by atoms with Crippen molar-refractivity contribution < 1.29 is 17.9 Å². The van der Waals surface area contributed by atoms with Crippen molar-refractivity contribution in [1.82, 2.24) is 0 Å². The van der Waals surface area contributed by atoms with Gasteiger partial charge in [0.25, 0.3) is 0 Å². The highest BCUT2D eigenvalue weighted by atomic mass is 32.2. The van der Waals surface area contributed by atoms with Crippen LogP contribution in [0, 0.1) is 0 Å². The Labute approximate surface area is 167 Å². The van der Waals surface area contributed by atoms with Crippen LogP contribution in [0.25, 0.3) is 0 Å².